The summed E-state index contributed by atoms with van der Waals surface area (Å²) < 4.78 is 25.1. The van der Waals surface area contributed by atoms with Gasteiger partial charge in [-0.2, -0.15) is 8.78 Å². The SMILES string of the molecule is Nc1nc(/C(=N\OC(F)F)C(=O)NC2C(=O)N3C(C(=O)O)=C(CN4CCc5ccccc5C4)CS[C@H]23)cs1. The average Bonchev–Trinajstić information content (AvgIpc) is 3.32. The molecule has 38 heavy (non-hydrogen) atoms. The minimum absolute atomic E-state index is 0.0761. The zero-order valence-electron chi connectivity index (χ0n) is 19.7. The second-order valence-corrected chi connectivity index (χ2v) is 10.7. The van der Waals surface area contributed by atoms with E-state index in [9.17, 15) is 28.3 Å². The molecule has 1 unspecified atom stereocenters. The lowest BCUT2D eigenvalue weighted by molar-refractivity contribution is -0.150. The second-order valence-electron chi connectivity index (χ2n) is 8.72. The molecule has 3 aliphatic rings. The Hall–Kier alpha value is -3.56. The summed E-state index contributed by atoms with van der Waals surface area (Å²) in [6, 6.07) is 7.02. The molecule has 15 heteroatoms. The molecule has 200 valence electrons. The minimum atomic E-state index is -3.28. The Kier molecular flexibility index (Phi) is 7.32. The maximum absolute atomic E-state index is 13.0. The van der Waals surface area contributed by atoms with Gasteiger partial charge in [-0.3, -0.25) is 19.4 Å². The van der Waals surface area contributed by atoms with Crippen LogP contribution in [-0.2, 0) is 32.2 Å². The fourth-order valence-corrected chi connectivity index (χ4v) is 6.55. The van der Waals surface area contributed by atoms with Crippen LogP contribution in [-0.4, -0.2) is 80.3 Å². The average molecular weight is 565 g/mol. The smallest absolute Gasteiger partial charge is 0.407 e. The number of anilines is 1. The molecule has 3 aliphatic heterocycles. The van der Waals surface area contributed by atoms with E-state index in [1.54, 1.807) is 0 Å². The molecule has 1 fully saturated rings. The molecule has 1 aromatic heterocycles. The highest BCUT2D eigenvalue weighted by Crippen LogP contribution is 2.41. The molecule has 0 radical (unpaired) electrons. The van der Waals surface area contributed by atoms with E-state index in [4.69, 9.17) is 5.73 Å². The van der Waals surface area contributed by atoms with Gasteiger partial charge in [0.05, 0.1) is 0 Å². The maximum Gasteiger partial charge on any atom is 0.407 e. The van der Waals surface area contributed by atoms with Crippen molar-refractivity contribution in [2.75, 3.05) is 24.6 Å². The number of aromatic nitrogens is 1. The predicted molar refractivity (Wildman–Crippen MR) is 135 cm³/mol. The predicted octanol–water partition coefficient (Wildman–Crippen LogP) is 1.47. The van der Waals surface area contributed by atoms with Crippen molar-refractivity contribution in [3.8, 4) is 0 Å². The molecule has 0 aliphatic carbocycles. The summed E-state index contributed by atoms with van der Waals surface area (Å²) in [5, 5.41) is 16.3. The third kappa shape index (κ3) is 5.08. The largest absolute Gasteiger partial charge is 0.477 e. The van der Waals surface area contributed by atoms with E-state index in [-0.39, 0.29) is 16.5 Å². The topological polar surface area (TPSA) is 150 Å². The summed E-state index contributed by atoms with van der Waals surface area (Å²) in [5.74, 6) is -2.49. The fourth-order valence-electron chi connectivity index (χ4n) is 4.67. The summed E-state index contributed by atoms with van der Waals surface area (Å²) in [4.78, 5) is 49.3. The van der Waals surface area contributed by atoms with Gasteiger partial charge in [0.25, 0.3) is 11.8 Å². The van der Waals surface area contributed by atoms with Gasteiger partial charge in [0.15, 0.2) is 10.8 Å². The third-order valence-corrected chi connectivity index (χ3v) is 8.38. The number of rotatable bonds is 8. The van der Waals surface area contributed by atoms with Crippen LogP contribution in [0.25, 0.3) is 0 Å². The highest BCUT2D eigenvalue weighted by Gasteiger charge is 2.54. The first kappa shape index (κ1) is 26.1. The van der Waals surface area contributed by atoms with Gasteiger partial charge in [0.2, 0.25) is 0 Å². The normalized spacial score (nSPS) is 21.6. The molecule has 4 heterocycles. The van der Waals surface area contributed by atoms with Gasteiger partial charge in [-0.15, -0.1) is 23.1 Å². The molecular formula is C23H22F2N6O5S2. The van der Waals surface area contributed by atoms with Crippen molar-refractivity contribution in [1.29, 1.82) is 0 Å². The van der Waals surface area contributed by atoms with Crippen LogP contribution in [0.1, 0.15) is 16.8 Å². The van der Waals surface area contributed by atoms with E-state index in [1.807, 2.05) is 12.1 Å². The molecule has 2 aromatic rings. The molecule has 0 spiro atoms. The van der Waals surface area contributed by atoms with Crippen molar-refractivity contribution >= 4 is 51.7 Å². The van der Waals surface area contributed by atoms with E-state index in [0.717, 1.165) is 24.3 Å². The maximum atomic E-state index is 13.0. The summed E-state index contributed by atoms with van der Waals surface area (Å²) in [5.41, 5.74) is 7.88. The third-order valence-electron chi connectivity index (χ3n) is 6.36. The first-order chi connectivity index (χ1) is 18.2. The number of thiazole rings is 1. The van der Waals surface area contributed by atoms with Crippen LogP contribution in [0.4, 0.5) is 13.9 Å². The number of halogens is 2. The summed E-state index contributed by atoms with van der Waals surface area (Å²) >= 11 is 2.28. The molecule has 5 rings (SSSR count). The summed E-state index contributed by atoms with van der Waals surface area (Å²) in [7, 11) is 0. The molecule has 4 N–H and O–H groups in total. The Bertz CT molecular complexity index is 1350. The van der Waals surface area contributed by atoms with Crippen LogP contribution >= 0.6 is 23.1 Å². The number of β-lactam (4-membered cyclic amide) rings is 1. The van der Waals surface area contributed by atoms with Crippen molar-refractivity contribution in [3.63, 3.8) is 0 Å². The molecule has 2 amide bonds. The summed E-state index contributed by atoms with van der Waals surface area (Å²) in [6.45, 7) is -1.45. The van der Waals surface area contributed by atoms with E-state index in [2.05, 4.69) is 37.3 Å². The number of hydrogen-bond donors (Lipinski definition) is 3. The number of carboxylic acid groups (broad SMARTS) is 1. The van der Waals surface area contributed by atoms with Crippen LogP contribution < -0.4 is 11.1 Å². The fraction of sp³-hybridized carbons (Fsp3) is 0.348. The number of aliphatic carboxylic acids is 1. The van der Waals surface area contributed by atoms with Crippen molar-refractivity contribution in [3.05, 3.63) is 57.7 Å². The number of alkyl halides is 2. The van der Waals surface area contributed by atoms with Crippen LogP contribution in [0.5, 0.6) is 0 Å². The van der Waals surface area contributed by atoms with Crippen molar-refractivity contribution in [2.24, 2.45) is 5.16 Å². The zero-order valence-corrected chi connectivity index (χ0v) is 21.3. The Morgan fingerprint density at radius 2 is 2.08 bits per heavy atom. The molecule has 11 nitrogen and oxygen atoms in total. The van der Waals surface area contributed by atoms with Crippen molar-refractivity contribution in [1.82, 2.24) is 20.1 Å². The lowest BCUT2D eigenvalue weighted by Crippen LogP contribution is -2.71. The highest BCUT2D eigenvalue weighted by molar-refractivity contribution is 8.00. The van der Waals surface area contributed by atoms with Gasteiger partial charge in [-0.05, 0) is 23.1 Å². The number of nitrogens with one attached hydrogen (secondary N) is 1. The standard InChI is InChI=1S/C23H22F2N6O5S2/c24-22(25)36-29-15(14-10-38-23(26)27-14)18(32)28-16-19(33)31-17(21(34)35)13(9-37-20(16)31)8-30-6-5-11-3-1-2-4-12(11)7-30/h1-4,10,16,20,22H,5-9H2,(H2,26,27)(H,28,32)(H,34,35)/b29-15+/t16?,20-/m1/s1. The number of carbonyl (C=O) groups excluding carboxylic acids is 2. The number of hydrogen-bond acceptors (Lipinski definition) is 10. The Morgan fingerprint density at radius 1 is 1.32 bits per heavy atom. The number of thioether (sulfide) groups is 1. The number of carbonyl (C=O) groups is 3. The zero-order chi connectivity index (χ0) is 27.0. The first-order valence-electron chi connectivity index (χ1n) is 11.5. The van der Waals surface area contributed by atoms with Crippen LogP contribution in [0.15, 0.2) is 46.1 Å². The number of amides is 2. The van der Waals surface area contributed by atoms with E-state index < -0.39 is 41.5 Å². The Labute approximate surface area is 223 Å². The van der Waals surface area contributed by atoms with Crippen LogP contribution in [0.3, 0.4) is 0 Å². The number of nitrogen functional groups attached to an aromatic ring is 1. The molecule has 0 bridgehead atoms. The molecule has 2 atom stereocenters. The second kappa shape index (κ2) is 10.7. The van der Waals surface area contributed by atoms with Gasteiger partial charge in [-0.1, -0.05) is 29.4 Å². The van der Waals surface area contributed by atoms with E-state index >= 15 is 0 Å². The van der Waals surface area contributed by atoms with Gasteiger partial charge in [-0.25, -0.2) is 9.78 Å². The Morgan fingerprint density at radius 3 is 2.76 bits per heavy atom. The number of nitrogens with two attached hydrogens (primary N) is 1. The lowest BCUT2D eigenvalue weighted by Gasteiger charge is -2.49. The number of carboxylic acids is 1. The minimum Gasteiger partial charge on any atom is -0.477 e. The van der Waals surface area contributed by atoms with Gasteiger partial charge < -0.3 is 21.0 Å². The molecule has 1 saturated heterocycles. The van der Waals surface area contributed by atoms with Crippen molar-refractivity contribution < 1.29 is 33.1 Å². The highest BCUT2D eigenvalue weighted by atomic mass is 32.2. The summed E-state index contributed by atoms with van der Waals surface area (Å²) in [6.07, 6.45) is 0.849. The van der Waals surface area contributed by atoms with Gasteiger partial charge >= 0.3 is 12.6 Å². The van der Waals surface area contributed by atoms with E-state index in [1.165, 1.54) is 33.2 Å². The van der Waals surface area contributed by atoms with E-state index in [0.29, 0.717) is 24.4 Å². The quantitative estimate of drug-likeness (QED) is 0.246. The number of benzene rings is 1. The van der Waals surface area contributed by atoms with Crippen LogP contribution in [0, 0.1) is 0 Å². The van der Waals surface area contributed by atoms with Gasteiger partial charge in [0.1, 0.15) is 22.8 Å². The number of fused-ring (bicyclic) bond motifs is 2. The number of nitrogens with zero attached hydrogens (tertiary/aromatic N) is 4. The Balaban J connectivity index is 1.31. The molecule has 0 saturated carbocycles. The van der Waals surface area contributed by atoms with Crippen LogP contribution in [0.2, 0.25) is 0 Å². The molecular weight excluding hydrogens is 542 g/mol. The first-order valence-corrected chi connectivity index (χ1v) is 13.4. The van der Waals surface area contributed by atoms with Gasteiger partial charge in [0, 0.05) is 30.8 Å². The monoisotopic (exact) mass is 564 g/mol. The molecule has 1 aromatic carbocycles. The lowest BCUT2D eigenvalue weighted by atomic mass is 9.98. The van der Waals surface area contributed by atoms with Crippen molar-refractivity contribution in [2.45, 2.75) is 31.0 Å². The number of oxime groups is 1.